The Morgan fingerprint density at radius 2 is 2.03 bits per heavy atom. The average Bonchev–Trinajstić information content (AvgIpc) is 2.82. The molecule has 7 nitrogen and oxygen atoms in total. The van der Waals surface area contributed by atoms with Gasteiger partial charge in [-0.3, -0.25) is 9.69 Å². The Balaban J connectivity index is 1.26. The summed E-state index contributed by atoms with van der Waals surface area (Å²) in [6.07, 6.45) is 2.90. The number of nitrogens with one attached hydrogen (secondary N) is 1. The maximum atomic E-state index is 12.7. The van der Waals surface area contributed by atoms with Crippen LogP contribution in [0.25, 0.3) is 11.3 Å². The molecule has 0 saturated carbocycles. The summed E-state index contributed by atoms with van der Waals surface area (Å²) in [7, 11) is 0. The molecule has 7 heteroatoms. The van der Waals surface area contributed by atoms with Gasteiger partial charge in [-0.1, -0.05) is 23.8 Å². The first-order valence-corrected chi connectivity index (χ1v) is 11.4. The molecule has 0 aliphatic carbocycles. The molecule has 2 saturated heterocycles. The van der Waals surface area contributed by atoms with Crippen LogP contribution in [0.2, 0.25) is 0 Å². The lowest BCUT2D eigenvalue weighted by molar-refractivity contribution is -0.125. The van der Waals surface area contributed by atoms with Gasteiger partial charge in [-0.15, -0.1) is 10.2 Å². The fourth-order valence-electron chi connectivity index (χ4n) is 4.33. The van der Waals surface area contributed by atoms with Crippen LogP contribution in [-0.2, 0) is 9.53 Å². The van der Waals surface area contributed by atoms with E-state index in [2.05, 4.69) is 50.4 Å². The van der Waals surface area contributed by atoms with Crippen LogP contribution in [0.5, 0.6) is 0 Å². The number of aromatic nitrogens is 2. The monoisotopic (exact) mass is 423 g/mol. The van der Waals surface area contributed by atoms with Gasteiger partial charge in [0.15, 0.2) is 5.82 Å². The summed E-state index contributed by atoms with van der Waals surface area (Å²) in [5.74, 6) is 1.02. The molecule has 2 aromatic rings. The van der Waals surface area contributed by atoms with Crippen molar-refractivity contribution >= 4 is 11.7 Å². The molecule has 166 valence electrons. The van der Waals surface area contributed by atoms with E-state index in [9.17, 15) is 4.79 Å². The summed E-state index contributed by atoms with van der Waals surface area (Å²) in [5.41, 5.74) is 3.16. The van der Waals surface area contributed by atoms with Crippen LogP contribution in [-0.4, -0.2) is 73.5 Å². The number of benzene rings is 1. The number of amides is 1. The van der Waals surface area contributed by atoms with Gasteiger partial charge in [0.1, 0.15) is 0 Å². The van der Waals surface area contributed by atoms with Crippen molar-refractivity contribution in [1.29, 1.82) is 0 Å². The number of ether oxygens (including phenoxy) is 1. The molecule has 1 amide bonds. The van der Waals surface area contributed by atoms with Crippen molar-refractivity contribution in [3.8, 4) is 11.3 Å². The smallest absolute Gasteiger partial charge is 0.224 e. The van der Waals surface area contributed by atoms with Crippen molar-refractivity contribution in [3.05, 3.63) is 42.0 Å². The highest BCUT2D eigenvalue weighted by molar-refractivity contribution is 5.79. The van der Waals surface area contributed by atoms with Gasteiger partial charge < -0.3 is 15.0 Å². The molecule has 0 bridgehead atoms. The van der Waals surface area contributed by atoms with Gasteiger partial charge in [0.05, 0.1) is 24.8 Å². The van der Waals surface area contributed by atoms with E-state index < -0.39 is 0 Å². The molecule has 1 N–H and O–H groups in total. The van der Waals surface area contributed by atoms with Crippen LogP contribution in [0.1, 0.15) is 24.8 Å². The number of carbonyl (C=O) groups is 1. The van der Waals surface area contributed by atoms with Gasteiger partial charge in [-0.25, -0.2) is 0 Å². The SMILES string of the molecule is Cc1cccc(-c2ccc(N3CCCC(C(=O)NCCCN4CCOCC4)C3)nn2)c1. The number of anilines is 1. The number of hydrogen-bond acceptors (Lipinski definition) is 6. The second kappa shape index (κ2) is 10.7. The first-order valence-electron chi connectivity index (χ1n) is 11.4. The third-order valence-corrected chi connectivity index (χ3v) is 6.13. The minimum Gasteiger partial charge on any atom is -0.379 e. The molecule has 2 aliphatic heterocycles. The molecule has 1 atom stereocenters. The van der Waals surface area contributed by atoms with Crippen molar-refractivity contribution in [2.24, 2.45) is 5.92 Å². The van der Waals surface area contributed by atoms with Crippen LogP contribution in [0.15, 0.2) is 36.4 Å². The summed E-state index contributed by atoms with van der Waals surface area (Å²) in [6, 6.07) is 12.3. The standard InChI is InChI=1S/C24H33N5O2/c1-19-5-2-6-20(17-19)22-8-9-23(27-26-22)29-12-3-7-21(18-29)24(30)25-10-4-11-28-13-15-31-16-14-28/h2,5-6,8-9,17,21H,3-4,7,10-16,18H2,1H3,(H,25,30). The normalized spacial score (nSPS) is 19.9. The number of aryl methyl sites for hydroxylation is 1. The number of piperidine rings is 1. The van der Waals surface area contributed by atoms with Crippen LogP contribution in [0.4, 0.5) is 5.82 Å². The second-order valence-corrected chi connectivity index (χ2v) is 8.53. The van der Waals surface area contributed by atoms with E-state index in [-0.39, 0.29) is 11.8 Å². The predicted octanol–water partition coefficient (Wildman–Crippen LogP) is 2.51. The first kappa shape index (κ1) is 21.7. The fourth-order valence-corrected chi connectivity index (χ4v) is 4.33. The minimum atomic E-state index is 0.00962. The summed E-state index contributed by atoms with van der Waals surface area (Å²) >= 11 is 0. The molecule has 31 heavy (non-hydrogen) atoms. The Bertz CT molecular complexity index is 851. The van der Waals surface area contributed by atoms with Crippen LogP contribution in [0, 0.1) is 12.8 Å². The number of hydrogen-bond donors (Lipinski definition) is 1. The maximum Gasteiger partial charge on any atom is 0.224 e. The number of rotatable bonds is 7. The maximum absolute atomic E-state index is 12.7. The van der Waals surface area contributed by atoms with Gasteiger partial charge in [0, 0.05) is 38.3 Å². The third-order valence-electron chi connectivity index (χ3n) is 6.13. The quantitative estimate of drug-likeness (QED) is 0.690. The van der Waals surface area contributed by atoms with Crippen molar-refractivity contribution in [1.82, 2.24) is 20.4 Å². The molecule has 0 spiro atoms. The van der Waals surface area contributed by atoms with Gasteiger partial charge >= 0.3 is 0 Å². The van der Waals surface area contributed by atoms with Crippen LogP contribution < -0.4 is 10.2 Å². The molecule has 0 radical (unpaired) electrons. The summed E-state index contributed by atoms with van der Waals surface area (Å²) in [4.78, 5) is 17.3. The Kier molecular flexibility index (Phi) is 7.48. The minimum absolute atomic E-state index is 0.00962. The van der Waals surface area contributed by atoms with Crippen LogP contribution in [0.3, 0.4) is 0 Å². The zero-order valence-electron chi connectivity index (χ0n) is 18.4. The molecule has 1 aromatic carbocycles. The molecule has 4 rings (SSSR count). The Hall–Kier alpha value is -2.51. The van der Waals surface area contributed by atoms with E-state index in [1.807, 2.05) is 18.2 Å². The highest BCUT2D eigenvalue weighted by Gasteiger charge is 2.26. The average molecular weight is 424 g/mol. The fraction of sp³-hybridized carbons (Fsp3) is 0.542. The third kappa shape index (κ3) is 6.02. The first-order chi connectivity index (χ1) is 15.2. The summed E-state index contributed by atoms with van der Waals surface area (Å²) in [6.45, 7) is 9.07. The molecule has 2 fully saturated rings. The summed E-state index contributed by atoms with van der Waals surface area (Å²) in [5, 5.41) is 12.0. The van der Waals surface area contributed by atoms with E-state index in [0.29, 0.717) is 6.54 Å². The van der Waals surface area contributed by atoms with Gasteiger partial charge in [0.25, 0.3) is 0 Å². The Labute approximate surface area is 184 Å². The van der Waals surface area contributed by atoms with Gasteiger partial charge in [-0.05, 0) is 50.9 Å². The molecule has 3 heterocycles. The Morgan fingerprint density at radius 1 is 1.16 bits per heavy atom. The second-order valence-electron chi connectivity index (χ2n) is 8.53. The lowest BCUT2D eigenvalue weighted by Gasteiger charge is -2.32. The van der Waals surface area contributed by atoms with Crippen molar-refractivity contribution < 1.29 is 9.53 Å². The van der Waals surface area contributed by atoms with Crippen molar-refractivity contribution in [3.63, 3.8) is 0 Å². The van der Waals surface area contributed by atoms with E-state index in [1.165, 1.54) is 5.56 Å². The zero-order valence-corrected chi connectivity index (χ0v) is 18.4. The zero-order chi connectivity index (χ0) is 21.5. The van der Waals surface area contributed by atoms with E-state index in [0.717, 1.165) is 82.3 Å². The lowest BCUT2D eigenvalue weighted by Crippen LogP contribution is -2.44. The molecule has 1 aromatic heterocycles. The van der Waals surface area contributed by atoms with Crippen molar-refractivity contribution in [2.45, 2.75) is 26.2 Å². The van der Waals surface area contributed by atoms with E-state index >= 15 is 0 Å². The number of nitrogens with zero attached hydrogens (tertiary/aromatic N) is 4. The largest absolute Gasteiger partial charge is 0.379 e. The van der Waals surface area contributed by atoms with E-state index in [1.54, 1.807) is 0 Å². The van der Waals surface area contributed by atoms with Gasteiger partial charge in [-0.2, -0.15) is 0 Å². The lowest BCUT2D eigenvalue weighted by atomic mass is 9.97. The van der Waals surface area contributed by atoms with Crippen LogP contribution >= 0.6 is 0 Å². The molecular weight excluding hydrogens is 390 g/mol. The van der Waals surface area contributed by atoms with Gasteiger partial charge in [0.2, 0.25) is 5.91 Å². The Morgan fingerprint density at radius 3 is 2.81 bits per heavy atom. The summed E-state index contributed by atoms with van der Waals surface area (Å²) < 4.78 is 5.38. The molecule has 2 aliphatic rings. The predicted molar refractivity (Wildman–Crippen MR) is 122 cm³/mol. The topological polar surface area (TPSA) is 70.6 Å². The molecular formula is C24H33N5O2. The number of morpholine rings is 1. The number of carbonyl (C=O) groups excluding carboxylic acids is 1. The van der Waals surface area contributed by atoms with Crippen molar-refractivity contribution in [2.75, 3.05) is 57.4 Å². The molecule has 1 unspecified atom stereocenters. The highest BCUT2D eigenvalue weighted by atomic mass is 16.5. The highest BCUT2D eigenvalue weighted by Crippen LogP contribution is 2.24. The van der Waals surface area contributed by atoms with E-state index in [4.69, 9.17) is 4.74 Å².